The predicted molar refractivity (Wildman–Crippen MR) is 84.4 cm³/mol. The molecule has 1 heterocycles. The van der Waals surface area contributed by atoms with Crippen molar-refractivity contribution in [1.29, 1.82) is 0 Å². The molecule has 0 bridgehead atoms. The summed E-state index contributed by atoms with van der Waals surface area (Å²) in [6, 6.07) is 5.92. The number of pyridine rings is 1. The number of nitrogens with one attached hydrogen (secondary N) is 1. The summed E-state index contributed by atoms with van der Waals surface area (Å²) in [5, 5.41) is 3.58. The van der Waals surface area contributed by atoms with Gasteiger partial charge in [-0.15, -0.1) is 0 Å². The smallest absolute Gasteiger partial charge is 0.128 e. The van der Waals surface area contributed by atoms with Crippen molar-refractivity contribution >= 4 is 5.82 Å². The number of aryl methyl sites for hydroxylation is 2. The fourth-order valence-corrected chi connectivity index (χ4v) is 3.75. The zero-order valence-corrected chi connectivity index (χ0v) is 12.9. The van der Waals surface area contributed by atoms with Crippen LogP contribution in [0.4, 0.5) is 5.82 Å². The first-order valence-corrected chi connectivity index (χ1v) is 8.23. The van der Waals surface area contributed by atoms with Gasteiger partial charge in [0.25, 0.3) is 0 Å². The molecule has 110 valence electrons. The number of anilines is 1. The van der Waals surface area contributed by atoms with E-state index in [4.69, 9.17) is 4.98 Å². The molecule has 1 N–H and O–H groups in total. The van der Waals surface area contributed by atoms with Crippen molar-refractivity contribution < 1.29 is 0 Å². The molecule has 1 aromatic rings. The zero-order valence-electron chi connectivity index (χ0n) is 12.9. The molecular formula is C17H27N3. The average molecular weight is 273 g/mol. The molecule has 3 nitrogen and oxygen atoms in total. The number of fused-ring (bicyclic) bond motifs is 1. The van der Waals surface area contributed by atoms with E-state index in [0.717, 1.165) is 12.6 Å². The second-order valence-corrected chi connectivity index (χ2v) is 6.30. The lowest BCUT2D eigenvalue weighted by atomic mass is 9.90. The Hall–Kier alpha value is -1.09. The second-order valence-electron chi connectivity index (χ2n) is 6.30. The standard InChI is InChI=1S/C17H27N3/c1-3-18-14-8-10-15(11-9-14)20(2)17-12-7-13-5-4-6-16(13)19-17/h7,12,14-15,18H,3-6,8-11H2,1-2H3. The fourth-order valence-electron chi connectivity index (χ4n) is 3.75. The highest BCUT2D eigenvalue weighted by Crippen LogP contribution is 2.28. The number of aromatic nitrogens is 1. The highest BCUT2D eigenvalue weighted by atomic mass is 15.2. The molecule has 0 aromatic carbocycles. The highest BCUT2D eigenvalue weighted by molar-refractivity contribution is 5.43. The van der Waals surface area contributed by atoms with Gasteiger partial charge < -0.3 is 10.2 Å². The lowest BCUT2D eigenvalue weighted by Gasteiger charge is -2.35. The van der Waals surface area contributed by atoms with E-state index in [2.05, 4.69) is 36.3 Å². The van der Waals surface area contributed by atoms with Gasteiger partial charge in [-0.1, -0.05) is 13.0 Å². The summed E-state index contributed by atoms with van der Waals surface area (Å²) in [7, 11) is 2.22. The Labute approximate surface area is 122 Å². The third-order valence-electron chi connectivity index (χ3n) is 5.01. The number of hydrogen-bond donors (Lipinski definition) is 1. The maximum atomic E-state index is 4.89. The minimum atomic E-state index is 0.664. The van der Waals surface area contributed by atoms with E-state index in [-0.39, 0.29) is 0 Å². The van der Waals surface area contributed by atoms with Crippen LogP contribution in [0.25, 0.3) is 0 Å². The van der Waals surface area contributed by atoms with Crippen LogP contribution in [0.2, 0.25) is 0 Å². The van der Waals surface area contributed by atoms with Crippen LogP contribution in [0.15, 0.2) is 12.1 Å². The summed E-state index contributed by atoms with van der Waals surface area (Å²) in [5.41, 5.74) is 2.81. The monoisotopic (exact) mass is 273 g/mol. The minimum Gasteiger partial charge on any atom is -0.357 e. The molecule has 3 rings (SSSR count). The molecule has 20 heavy (non-hydrogen) atoms. The number of hydrogen-bond acceptors (Lipinski definition) is 3. The first kappa shape index (κ1) is 13.9. The van der Waals surface area contributed by atoms with E-state index in [1.54, 1.807) is 0 Å². The van der Waals surface area contributed by atoms with Gasteiger partial charge in [0.05, 0.1) is 0 Å². The Balaban J connectivity index is 1.63. The van der Waals surface area contributed by atoms with Crippen LogP contribution >= 0.6 is 0 Å². The van der Waals surface area contributed by atoms with Crippen molar-refractivity contribution in [2.75, 3.05) is 18.5 Å². The van der Waals surface area contributed by atoms with Crippen molar-refractivity contribution in [1.82, 2.24) is 10.3 Å². The van der Waals surface area contributed by atoms with Crippen LogP contribution in [-0.4, -0.2) is 30.7 Å². The lowest BCUT2D eigenvalue weighted by Crippen LogP contribution is -2.41. The molecule has 2 aliphatic rings. The summed E-state index contributed by atoms with van der Waals surface area (Å²) >= 11 is 0. The van der Waals surface area contributed by atoms with Gasteiger partial charge in [-0.2, -0.15) is 0 Å². The zero-order chi connectivity index (χ0) is 13.9. The van der Waals surface area contributed by atoms with Gasteiger partial charge in [-0.3, -0.25) is 0 Å². The maximum absolute atomic E-state index is 4.89. The molecule has 0 saturated heterocycles. The summed E-state index contributed by atoms with van der Waals surface area (Å²) in [5.74, 6) is 1.18. The first-order valence-electron chi connectivity index (χ1n) is 8.23. The molecule has 0 aliphatic heterocycles. The van der Waals surface area contributed by atoms with Gasteiger partial charge in [0.2, 0.25) is 0 Å². The van der Waals surface area contributed by atoms with Crippen molar-refractivity contribution in [3.63, 3.8) is 0 Å². The molecule has 0 amide bonds. The molecule has 0 radical (unpaired) electrons. The summed E-state index contributed by atoms with van der Waals surface area (Å²) in [6.07, 6.45) is 8.84. The molecule has 1 fully saturated rings. The number of rotatable bonds is 4. The normalized spacial score (nSPS) is 25.5. The van der Waals surface area contributed by atoms with Crippen LogP contribution in [0, 0.1) is 0 Å². The summed E-state index contributed by atoms with van der Waals surface area (Å²) in [4.78, 5) is 7.31. The Morgan fingerprint density at radius 1 is 1.20 bits per heavy atom. The molecule has 3 heteroatoms. The van der Waals surface area contributed by atoms with Crippen LogP contribution < -0.4 is 10.2 Å². The van der Waals surface area contributed by atoms with Gasteiger partial charge in [0.1, 0.15) is 5.82 Å². The molecule has 1 saturated carbocycles. The van der Waals surface area contributed by atoms with Gasteiger partial charge in [-0.05, 0) is 63.1 Å². The van der Waals surface area contributed by atoms with Gasteiger partial charge in [0, 0.05) is 24.8 Å². The van der Waals surface area contributed by atoms with Crippen LogP contribution in [0.1, 0.15) is 50.3 Å². The average Bonchev–Trinajstić information content (AvgIpc) is 2.95. The summed E-state index contributed by atoms with van der Waals surface area (Å²) in [6.45, 7) is 3.30. The molecule has 1 aromatic heterocycles. The predicted octanol–water partition coefficient (Wildman–Crippen LogP) is 2.93. The fraction of sp³-hybridized carbons (Fsp3) is 0.706. The Morgan fingerprint density at radius 3 is 2.75 bits per heavy atom. The van der Waals surface area contributed by atoms with E-state index in [0.29, 0.717) is 6.04 Å². The third-order valence-corrected chi connectivity index (χ3v) is 5.01. The molecule has 2 aliphatic carbocycles. The quantitative estimate of drug-likeness (QED) is 0.914. The first-order chi connectivity index (χ1) is 9.78. The Kier molecular flexibility index (Phi) is 4.25. The van der Waals surface area contributed by atoms with E-state index in [9.17, 15) is 0 Å². The molecule has 0 unspecified atom stereocenters. The van der Waals surface area contributed by atoms with Crippen molar-refractivity contribution in [3.05, 3.63) is 23.4 Å². The largest absolute Gasteiger partial charge is 0.357 e. The Bertz CT molecular complexity index is 450. The topological polar surface area (TPSA) is 28.2 Å². The molecule has 0 atom stereocenters. The Morgan fingerprint density at radius 2 is 2.00 bits per heavy atom. The van der Waals surface area contributed by atoms with Crippen LogP contribution in [0.3, 0.4) is 0 Å². The SMILES string of the molecule is CCNC1CCC(N(C)c2ccc3c(n2)CCC3)CC1. The summed E-state index contributed by atoms with van der Waals surface area (Å²) < 4.78 is 0. The molecule has 0 spiro atoms. The van der Waals surface area contributed by atoms with E-state index < -0.39 is 0 Å². The minimum absolute atomic E-state index is 0.664. The van der Waals surface area contributed by atoms with Crippen LogP contribution in [-0.2, 0) is 12.8 Å². The molecular weight excluding hydrogens is 246 g/mol. The van der Waals surface area contributed by atoms with Gasteiger partial charge in [-0.25, -0.2) is 4.98 Å². The van der Waals surface area contributed by atoms with E-state index >= 15 is 0 Å². The van der Waals surface area contributed by atoms with E-state index in [1.807, 2.05) is 0 Å². The highest BCUT2D eigenvalue weighted by Gasteiger charge is 2.24. The van der Waals surface area contributed by atoms with Crippen molar-refractivity contribution in [2.45, 2.75) is 64.0 Å². The maximum Gasteiger partial charge on any atom is 0.128 e. The van der Waals surface area contributed by atoms with Crippen molar-refractivity contribution in [2.24, 2.45) is 0 Å². The second kappa shape index (κ2) is 6.13. The third kappa shape index (κ3) is 2.83. The number of nitrogens with zero attached hydrogens (tertiary/aromatic N) is 2. The van der Waals surface area contributed by atoms with Gasteiger partial charge >= 0.3 is 0 Å². The van der Waals surface area contributed by atoms with Gasteiger partial charge in [0.15, 0.2) is 0 Å². The van der Waals surface area contributed by atoms with Crippen LogP contribution in [0.5, 0.6) is 0 Å². The van der Waals surface area contributed by atoms with E-state index in [1.165, 1.54) is 62.0 Å². The lowest BCUT2D eigenvalue weighted by molar-refractivity contribution is 0.340. The van der Waals surface area contributed by atoms with Crippen molar-refractivity contribution in [3.8, 4) is 0 Å².